The molecule has 516 valence electrons. The Morgan fingerprint density at radius 2 is 0.771 bits per heavy atom. The van der Waals surface area contributed by atoms with Gasteiger partial charge in [-0.1, -0.05) is 137 Å². The maximum atomic E-state index is 13.8. The number of sulfonamides is 2. The lowest BCUT2D eigenvalue weighted by Crippen LogP contribution is -2.39. The minimum absolute atomic E-state index is 0.0364. The van der Waals surface area contributed by atoms with Gasteiger partial charge in [-0.2, -0.15) is 8.61 Å². The van der Waals surface area contributed by atoms with Crippen molar-refractivity contribution in [1.29, 1.82) is 0 Å². The molecule has 0 N–H and O–H groups in total. The molecule has 0 radical (unpaired) electrons. The molecule has 2 fully saturated rings. The highest BCUT2D eigenvalue weighted by molar-refractivity contribution is 8.02. The highest BCUT2D eigenvalue weighted by atomic mass is 32.2. The molecule has 2 aliphatic heterocycles. The van der Waals surface area contributed by atoms with Gasteiger partial charge in [0.1, 0.15) is 33.6 Å². The molecule has 0 aromatic heterocycles. The van der Waals surface area contributed by atoms with Gasteiger partial charge in [0.15, 0.2) is 11.6 Å². The number of esters is 4. The summed E-state index contributed by atoms with van der Waals surface area (Å²) in [5.74, 6) is -5.28. The molecule has 2 heterocycles. The fraction of sp³-hybridized carbons (Fsp3) is 0.432. The highest BCUT2D eigenvalue weighted by Gasteiger charge is 2.43. The number of thioether (sulfide) groups is 2. The van der Waals surface area contributed by atoms with Crippen LogP contribution in [0.3, 0.4) is 0 Å². The summed E-state index contributed by atoms with van der Waals surface area (Å²) in [6.07, 6.45) is 0.172. The Bertz CT molecular complexity index is 3560. The van der Waals surface area contributed by atoms with Gasteiger partial charge in [0.05, 0.1) is 47.7 Å². The third kappa shape index (κ3) is 22.0. The second-order valence-corrected chi connectivity index (χ2v) is 32.6. The molecule has 0 amide bonds. The number of hydrogen-bond donors (Lipinski definition) is 0. The quantitative estimate of drug-likeness (QED) is 0.0330. The number of ether oxygens (including phenoxy) is 4. The predicted octanol–water partition coefficient (Wildman–Crippen LogP) is 14.5. The molecule has 16 nitrogen and oxygen atoms in total. The number of halogens is 2. The van der Waals surface area contributed by atoms with Crippen molar-refractivity contribution in [1.82, 2.24) is 8.61 Å². The SMILES string of the molecule is CC(C)[C@H](CC(=O)OC(C)(C)C)C(=O)OCC[C@H](CC(=O)[C@@H]1SCCN1S(=O)(=O)c1ccc(-c2ccccc2)cc1)c1ccc(F)cc1.CC(C)[C@H](CC(=O)OC(C)(C)C)C(=O)OCC[C@H](CC(=O)[C@@H]1SCCN1S(=O)(=O)c1ccc(-c2ccccc2)cc1)c1ccc(F)cc1. The van der Waals surface area contributed by atoms with Gasteiger partial charge in [-0.05, 0) is 160 Å². The average molecular weight is 1400 g/mol. The monoisotopic (exact) mass is 1390 g/mol. The smallest absolute Gasteiger partial charge is 0.309 e. The first-order chi connectivity index (χ1) is 45.3. The van der Waals surface area contributed by atoms with Crippen LogP contribution < -0.4 is 0 Å². The Hall–Kier alpha value is -7.08. The molecule has 6 atom stereocenters. The first kappa shape index (κ1) is 76.3. The van der Waals surface area contributed by atoms with E-state index in [1.54, 1.807) is 114 Å². The van der Waals surface area contributed by atoms with Crippen LogP contribution in [0, 0.1) is 35.3 Å². The van der Waals surface area contributed by atoms with Crippen LogP contribution in [-0.2, 0) is 67.8 Å². The second-order valence-electron chi connectivity index (χ2n) is 26.5. The zero-order valence-corrected chi connectivity index (χ0v) is 59.4. The maximum absolute atomic E-state index is 13.8. The third-order valence-corrected chi connectivity index (χ3v) is 22.7. The van der Waals surface area contributed by atoms with E-state index in [1.165, 1.54) is 56.4 Å². The summed E-state index contributed by atoms with van der Waals surface area (Å²) in [7, 11) is -7.94. The van der Waals surface area contributed by atoms with Gasteiger partial charge in [0.25, 0.3) is 0 Å². The second kappa shape index (κ2) is 34.4. The standard InChI is InChI=1S/2C37H44FNO7S2/c2*1-25(2)32(24-34(41)46-37(3,4)5)36(42)45-21-19-29(28-11-15-30(38)16-12-28)23-33(40)35-39(20-22-47-35)48(43,44)31-17-13-27(14-18-31)26-9-7-6-8-10-26/h2*6-18,25,29,32,35H,19-24H2,1-5H3/t2*29-,32+,35+/m11/s1. The Morgan fingerprint density at radius 1 is 0.458 bits per heavy atom. The van der Waals surface area contributed by atoms with E-state index >= 15 is 0 Å². The molecule has 6 aromatic rings. The van der Waals surface area contributed by atoms with E-state index in [4.69, 9.17) is 18.9 Å². The van der Waals surface area contributed by atoms with Crippen molar-refractivity contribution in [2.24, 2.45) is 23.7 Å². The summed E-state index contributed by atoms with van der Waals surface area (Å²) in [5.41, 5.74) is 3.66. The zero-order chi connectivity index (χ0) is 70.1. The maximum Gasteiger partial charge on any atom is 0.309 e. The van der Waals surface area contributed by atoms with Crippen LogP contribution >= 0.6 is 23.5 Å². The fourth-order valence-corrected chi connectivity index (χ4v) is 17.5. The lowest BCUT2D eigenvalue weighted by Gasteiger charge is -2.25. The van der Waals surface area contributed by atoms with Crippen molar-refractivity contribution < 1.29 is 73.3 Å². The molecule has 0 spiro atoms. The van der Waals surface area contributed by atoms with Crippen LogP contribution in [0.2, 0.25) is 0 Å². The predicted molar refractivity (Wildman–Crippen MR) is 370 cm³/mol. The van der Waals surface area contributed by atoms with Crippen molar-refractivity contribution >= 4 is 79.0 Å². The van der Waals surface area contributed by atoms with Gasteiger partial charge in [0.2, 0.25) is 20.0 Å². The molecule has 6 aromatic carbocycles. The number of nitrogens with zero attached hydrogens (tertiary/aromatic N) is 2. The molecule has 8 rings (SSSR count). The van der Waals surface area contributed by atoms with Crippen molar-refractivity contribution in [3.63, 3.8) is 0 Å². The van der Waals surface area contributed by atoms with Gasteiger partial charge in [-0.15, -0.1) is 23.5 Å². The molecule has 0 unspecified atom stereocenters. The van der Waals surface area contributed by atoms with Crippen LogP contribution in [0.4, 0.5) is 8.78 Å². The number of rotatable bonds is 28. The number of ketones is 2. The molecule has 2 saturated heterocycles. The van der Waals surface area contributed by atoms with Crippen LogP contribution in [0.25, 0.3) is 22.3 Å². The number of carbonyl (C=O) groups is 6. The summed E-state index contributed by atoms with van der Waals surface area (Å²) in [6.45, 7) is 18.1. The van der Waals surface area contributed by atoms with E-state index in [-0.39, 0.29) is 98.0 Å². The van der Waals surface area contributed by atoms with Crippen molar-refractivity contribution in [2.75, 3.05) is 37.8 Å². The minimum Gasteiger partial charge on any atom is -0.465 e. The first-order valence-corrected chi connectivity index (χ1v) is 37.2. The largest absolute Gasteiger partial charge is 0.465 e. The zero-order valence-electron chi connectivity index (χ0n) is 56.1. The van der Waals surface area contributed by atoms with E-state index < -0.39 is 101 Å². The summed E-state index contributed by atoms with van der Waals surface area (Å²) in [4.78, 5) is 78.8. The van der Waals surface area contributed by atoms with Crippen molar-refractivity contribution in [3.8, 4) is 22.3 Å². The van der Waals surface area contributed by atoms with Gasteiger partial charge < -0.3 is 18.9 Å². The van der Waals surface area contributed by atoms with E-state index in [1.807, 2.05) is 88.4 Å². The molecule has 22 heteroatoms. The third-order valence-electron chi connectivity index (χ3n) is 16.2. The molecule has 0 bridgehead atoms. The van der Waals surface area contributed by atoms with Crippen LogP contribution in [0.1, 0.15) is 131 Å². The van der Waals surface area contributed by atoms with Crippen LogP contribution in [0.15, 0.2) is 168 Å². The molecule has 0 aliphatic carbocycles. The summed E-state index contributed by atoms with van der Waals surface area (Å²) < 4.78 is 107. The van der Waals surface area contributed by atoms with E-state index in [2.05, 4.69) is 0 Å². The normalized spacial score (nSPS) is 16.8. The number of hydrogen-bond acceptors (Lipinski definition) is 16. The van der Waals surface area contributed by atoms with Crippen molar-refractivity contribution in [3.05, 3.63) is 180 Å². The Balaban J connectivity index is 0.000000271. The Morgan fingerprint density at radius 3 is 1.07 bits per heavy atom. The lowest BCUT2D eigenvalue weighted by molar-refractivity contribution is -0.163. The van der Waals surface area contributed by atoms with Gasteiger partial charge in [0, 0.05) is 37.4 Å². The number of benzene rings is 6. The molecular formula is C74H88F2N2O14S4. The van der Waals surface area contributed by atoms with E-state index in [0.717, 1.165) is 22.3 Å². The van der Waals surface area contributed by atoms with E-state index in [0.29, 0.717) is 22.6 Å². The Labute approximate surface area is 573 Å². The molecular weight excluding hydrogens is 1310 g/mol. The summed E-state index contributed by atoms with van der Waals surface area (Å²) in [6, 6.07) is 44.0. The van der Waals surface area contributed by atoms with Gasteiger partial charge in [-0.25, -0.2) is 25.6 Å². The van der Waals surface area contributed by atoms with Crippen molar-refractivity contribution in [2.45, 2.75) is 151 Å². The van der Waals surface area contributed by atoms with Gasteiger partial charge >= 0.3 is 23.9 Å². The summed E-state index contributed by atoms with van der Waals surface area (Å²) >= 11 is 2.55. The topological polar surface area (TPSA) is 214 Å². The first-order valence-electron chi connectivity index (χ1n) is 32.2. The lowest BCUT2D eigenvalue weighted by atomic mass is 9.90. The molecule has 0 saturated carbocycles. The summed E-state index contributed by atoms with van der Waals surface area (Å²) in [5, 5.41) is -1.85. The molecule has 96 heavy (non-hydrogen) atoms. The fourth-order valence-electron chi connectivity index (χ4n) is 11.1. The number of carbonyl (C=O) groups excluding carboxylic acids is 6. The van der Waals surface area contributed by atoms with Gasteiger partial charge in [-0.3, -0.25) is 28.8 Å². The molecule has 2 aliphatic rings. The highest BCUT2D eigenvalue weighted by Crippen LogP contribution is 2.38. The van der Waals surface area contributed by atoms with E-state index in [9.17, 15) is 54.4 Å². The van der Waals surface area contributed by atoms with Crippen LogP contribution in [-0.4, -0.2) is 121 Å². The Kier molecular flexibility index (Phi) is 27.4. The average Bonchev–Trinajstić information content (AvgIpc) is 1.51. The number of Topliss-reactive ketones (excluding diaryl/α,β-unsaturated/α-hetero) is 2. The van der Waals surface area contributed by atoms with Crippen LogP contribution in [0.5, 0.6) is 0 Å². The minimum atomic E-state index is -3.97.